The lowest BCUT2D eigenvalue weighted by atomic mass is 10.1. The molecule has 2 aliphatic rings. The fourth-order valence-electron chi connectivity index (χ4n) is 7.85. The summed E-state index contributed by atoms with van der Waals surface area (Å²) in [7, 11) is -2.88. The third-order valence-corrected chi connectivity index (χ3v) is 13.4. The monoisotopic (exact) mass is 947 g/mol. The molecule has 1 saturated heterocycles. The first-order valence-corrected chi connectivity index (χ1v) is 24.6. The third-order valence-electron chi connectivity index (χ3n) is 11.2. The number of pyridine rings is 1. The van der Waals surface area contributed by atoms with Gasteiger partial charge in [-0.1, -0.05) is 43.9 Å². The maximum Gasteiger partial charge on any atom is 0.411 e. The molecule has 5 N–H and O–H groups in total. The number of carbonyl (C=O) groups is 4. The van der Waals surface area contributed by atoms with Gasteiger partial charge in [0, 0.05) is 54.2 Å². The standard InChI is InChI=1S/C47H61N7O10S2/c1-8-30-26-47(30,43(58)53-66(60,61)40-18-15-14-17-34(40)48-22-16-12-10-9-11-13-19-41(55)56)52-42(57)38-24-32(27-54(38)45(59)64-46(4,5)6)63-39-25-36(37-28-65-44(51-37)49-29(2)3)50-35-23-31(62-7)20-21-33(35)39/h8,14-15,17-18,20-21,23,25,28-30,32,38,48H,1,9-13,16,19,22,24,26-27H2,2-7H3,(H,49,51)(H,52,57)(H,53,58)(H,55,56)/t30-,32-,38+,47-/m1/s1. The Balaban J connectivity index is 1.19. The molecule has 4 aromatic rings. The fourth-order valence-corrected chi connectivity index (χ4v) is 9.93. The van der Waals surface area contributed by atoms with Crippen molar-refractivity contribution in [3.05, 3.63) is 66.6 Å². The van der Waals surface area contributed by atoms with Gasteiger partial charge < -0.3 is 35.3 Å². The summed E-state index contributed by atoms with van der Waals surface area (Å²) in [5, 5.41) is 21.4. The first kappa shape index (κ1) is 49.5. The van der Waals surface area contributed by atoms with E-state index < -0.39 is 63.1 Å². The van der Waals surface area contributed by atoms with Crippen LogP contribution < -0.4 is 30.1 Å². The maximum atomic E-state index is 14.5. The number of ether oxygens (including phenoxy) is 3. The Morgan fingerprint density at radius 3 is 2.42 bits per heavy atom. The van der Waals surface area contributed by atoms with Crippen molar-refractivity contribution in [2.45, 2.75) is 127 Å². The number of thiazole rings is 1. The van der Waals surface area contributed by atoms with E-state index in [2.05, 4.69) is 27.3 Å². The third kappa shape index (κ3) is 12.5. The van der Waals surface area contributed by atoms with Gasteiger partial charge in [0.15, 0.2) is 5.13 Å². The lowest BCUT2D eigenvalue weighted by Gasteiger charge is -2.29. The number of fused-ring (bicyclic) bond motifs is 1. The quantitative estimate of drug-likeness (QED) is 0.0375. The number of para-hydroxylation sites is 1. The summed E-state index contributed by atoms with van der Waals surface area (Å²) in [6.45, 7) is 13.4. The smallest absolute Gasteiger partial charge is 0.411 e. The van der Waals surface area contributed by atoms with Crippen LogP contribution in [0.1, 0.15) is 92.4 Å². The molecule has 4 atom stereocenters. The average molecular weight is 948 g/mol. The van der Waals surface area contributed by atoms with Gasteiger partial charge in [0.2, 0.25) is 5.91 Å². The molecule has 0 unspecified atom stereocenters. The van der Waals surface area contributed by atoms with Gasteiger partial charge in [-0.25, -0.2) is 27.9 Å². The van der Waals surface area contributed by atoms with Crippen LogP contribution in [-0.4, -0.2) is 102 Å². The second kappa shape index (κ2) is 21.1. The molecule has 3 amide bonds. The highest BCUT2D eigenvalue weighted by atomic mass is 32.2. The summed E-state index contributed by atoms with van der Waals surface area (Å²) in [6, 6.07) is 12.4. The summed E-state index contributed by atoms with van der Waals surface area (Å²) in [4.78, 5) is 63.9. The average Bonchev–Trinajstić information content (AvgIpc) is 3.51. The number of sulfonamides is 1. The van der Waals surface area contributed by atoms with Crippen molar-refractivity contribution >= 4 is 67.0 Å². The molecule has 356 valence electrons. The lowest BCUT2D eigenvalue weighted by Crippen LogP contribution is -2.56. The second-order valence-electron chi connectivity index (χ2n) is 18.0. The van der Waals surface area contributed by atoms with Gasteiger partial charge in [0.05, 0.1) is 30.6 Å². The van der Waals surface area contributed by atoms with E-state index in [0.717, 1.165) is 37.2 Å². The number of carbonyl (C=O) groups excluding carboxylic acids is 3. The van der Waals surface area contributed by atoms with Crippen LogP contribution in [0.15, 0.2) is 71.5 Å². The predicted molar refractivity (Wildman–Crippen MR) is 253 cm³/mol. The van der Waals surface area contributed by atoms with Gasteiger partial charge in [-0.2, -0.15) is 0 Å². The molecule has 6 rings (SSSR count). The number of nitrogens with one attached hydrogen (secondary N) is 4. The number of hydrogen-bond donors (Lipinski definition) is 5. The predicted octanol–water partition coefficient (Wildman–Crippen LogP) is 7.74. The molecular weight excluding hydrogens is 887 g/mol. The molecule has 2 aromatic carbocycles. The number of carboxylic acids is 1. The Morgan fingerprint density at radius 1 is 1.02 bits per heavy atom. The number of aliphatic carboxylic acids is 1. The van der Waals surface area contributed by atoms with E-state index in [4.69, 9.17) is 29.3 Å². The molecular formula is C47H61N7O10S2. The first-order valence-electron chi connectivity index (χ1n) is 22.3. The highest BCUT2D eigenvalue weighted by Gasteiger charge is 2.61. The number of anilines is 2. The number of aromatic nitrogens is 2. The minimum absolute atomic E-state index is 0.0120. The highest BCUT2D eigenvalue weighted by molar-refractivity contribution is 7.90. The number of hydrogen-bond acceptors (Lipinski definition) is 14. The van der Waals surface area contributed by atoms with E-state index in [1.165, 1.54) is 28.4 Å². The van der Waals surface area contributed by atoms with Crippen molar-refractivity contribution in [3.63, 3.8) is 0 Å². The van der Waals surface area contributed by atoms with Crippen LogP contribution in [0, 0.1) is 5.92 Å². The summed E-state index contributed by atoms with van der Waals surface area (Å²) >= 11 is 1.45. The molecule has 2 aromatic heterocycles. The van der Waals surface area contributed by atoms with E-state index in [0.29, 0.717) is 52.4 Å². The number of amides is 3. The Labute approximate surface area is 390 Å². The zero-order valence-electron chi connectivity index (χ0n) is 38.3. The van der Waals surface area contributed by atoms with E-state index in [-0.39, 0.29) is 36.7 Å². The minimum Gasteiger partial charge on any atom is -0.497 e. The Morgan fingerprint density at radius 2 is 1.74 bits per heavy atom. The molecule has 0 spiro atoms. The number of methoxy groups -OCH3 is 1. The molecule has 19 heteroatoms. The molecule has 66 heavy (non-hydrogen) atoms. The van der Waals surface area contributed by atoms with Crippen LogP contribution in [0.4, 0.5) is 15.6 Å². The maximum absolute atomic E-state index is 14.5. The topological polar surface area (TPSA) is 227 Å². The molecule has 1 saturated carbocycles. The van der Waals surface area contributed by atoms with Crippen LogP contribution in [0.3, 0.4) is 0 Å². The van der Waals surface area contributed by atoms with Crippen LogP contribution in [0.25, 0.3) is 22.3 Å². The van der Waals surface area contributed by atoms with Crippen molar-refractivity contribution in [1.29, 1.82) is 0 Å². The SMILES string of the molecule is C=C[C@@H]1C[C@]1(NC(=O)[C@@H]1C[C@@H](Oc2cc(-c3csc(NC(C)C)n3)nc3cc(OC)ccc23)CN1C(=O)OC(C)(C)C)C(=O)NS(=O)(=O)c1ccccc1NCCCCCCCCC(=O)O. The molecule has 1 aliphatic heterocycles. The Bertz CT molecular complexity index is 2520. The van der Waals surface area contributed by atoms with Gasteiger partial charge in [-0.15, -0.1) is 17.9 Å². The van der Waals surface area contributed by atoms with Crippen molar-refractivity contribution in [3.8, 4) is 22.9 Å². The number of nitrogens with zero attached hydrogens (tertiary/aromatic N) is 3. The van der Waals surface area contributed by atoms with E-state index in [9.17, 15) is 27.6 Å². The van der Waals surface area contributed by atoms with Crippen LogP contribution in [0.2, 0.25) is 0 Å². The normalized spacial score (nSPS) is 19.3. The van der Waals surface area contributed by atoms with Crippen LogP contribution in [0.5, 0.6) is 11.5 Å². The van der Waals surface area contributed by atoms with Crippen molar-refractivity contribution in [1.82, 2.24) is 24.9 Å². The summed E-state index contributed by atoms with van der Waals surface area (Å²) < 4.78 is 47.9. The van der Waals surface area contributed by atoms with Gasteiger partial charge >= 0.3 is 12.1 Å². The number of benzene rings is 2. The van der Waals surface area contributed by atoms with E-state index >= 15 is 0 Å². The zero-order chi connectivity index (χ0) is 47.8. The second-order valence-corrected chi connectivity index (χ2v) is 20.5. The number of carboxylic acid groups (broad SMARTS) is 1. The minimum atomic E-state index is -4.44. The number of unbranched alkanes of at least 4 members (excludes halogenated alkanes) is 5. The summed E-state index contributed by atoms with van der Waals surface area (Å²) in [5.74, 6) is -2.00. The van der Waals surface area contributed by atoms with Crippen molar-refractivity contribution < 1.29 is 46.9 Å². The van der Waals surface area contributed by atoms with Gasteiger partial charge in [0.1, 0.15) is 45.4 Å². The lowest BCUT2D eigenvalue weighted by molar-refractivity contribution is -0.137. The Kier molecular flexibility index (Phi) is 15.8. The van der Waals surface area contributed by atoms with E-state index in [1.54, 1.807) is 64.3 Å². The fraction of sp³-hybridized carbons (Fsp3) is 0.489. The molecule has 0 radical (unpaired) electrons. The molecule has 17 nitrogen and oxygen atoms in total. The van der Waals surface area contributed by atoms with Crippen molar-refractivity contribution in [2.75, 3.05) is 30.8 Å². The molecule has 3 heterocycles. The van der Waals surface area contributed by atoms with Crippen molar-refractivity contribution in [2.24, 2.45) is 5.92 Å². The molecule has 2 fully saturated rings. The summed E-state index contributed by atoms with van der Waals surface area (Å²) in [5.41, 5.74) is -0.515. The van der Waals surface area contributed by atoms with Crippen LogP contribution in [-0.2, 0) is 29.1 Å². The first-order chi connectivity index (χ1) is 31.3. The van der Waals surface area contributed by atoms with Crippen LogP contribution >= 0.6 is 11.3 Å². The van der Waals surface area contributed by atoms with Gasteiger partial charge in [0.25, 0.3) is 15.9 Å². The van der Waals surface area contributed by atoms with Gasteiger partial charge in [-0.3, -0.25) is 19.3 Å². The largest absolute Gasteiger partial charge is 0.497 e. The molecule has 1 aliphatic carbocycles. The number of likely N-dealkylation sites (tertiary alicyclic amines) is 1. The zero-order valence-corrected chi connectivity index (χ0v) is 40.0. The highest BCUT2D eigenvalue weighted by Crippen LogP contribution is 2.45. The van der Waals surface area contributed by atoms with Gasteiger partial charge in [-0.05, 0) is 78.1 Å². The molecule has 0 bridgehead atoms. The summed E-state index contributed by atoms with van der Waals surface area (Å²) in [6.07, 6.45) is 5.19. The number of rotatable bonds is 22. The van der Waals surface area contributed by atoms with E-state index in [1.807, 2.05) is 25.3 Å². The Hall–Kier alpha value is -5.95.